The van der Waals surface area contributed by atoms with E-state index in [4.69, 9.17) is 0 Å². The number of benzene rings is 1. The maximum Gasteiger partial charge on any atom is 0.279 e. The first kappa shape index (κ1) is 12.0. The molecule has 0 spiro atoms. The summed E-state index contributed by atoms with van der Waals surface area (Å²) in [7, 11) is 0. The predicted octanol–water partition coefficient (Wildman–Crippen LogP) is 3.08. The fraction of sp³-hybridized carbons (Fsp3) is 0.455. The van der Waals surface area contributed by atoms with Crippen LogP contribution < -0.4 is 0 Å². The van der Waals surface area contributed by atoms with Gasteiger partial charge in [-0.25, -0.2) is 13.2 Å². The molecule has 1 atom stereocenters. The van der Waals surface area contributed by atoms with Gasteiger partial charge < -0.3 is 5.11 Å². The van der Waals surface area contributed by atoms with Crippen LogP contribution in [0.15, 0.2) is 24.3 Å². The fourth-order valence-electron chi connectivity index (χ4n) is 1.33. The molecule has 4 heteroatoms. The summed E-state index contributed by atoms with van der Waals surface area (Å²) < 4.78 is 39.3. The van der Waals surface area contributed by atoms with E-state index in [-0.39, 0.29) is 5.56 Å². The number of halogens is 3. The third-order valence-electron chi connectivity index (χ3n) is 2.56. The summed E-state index contributed by atoms with van der Waals surface area (Å²) in [4.78, 5) is 0. The molecule has 1 unspecified atom stereocenters. The zero-order valence-electron chi connectivity index (χ0n) is 8.60. The lowest BCUT2D eigenvalue weighted by atomic mass is 9.88. The van der Waals surface area contributed by atoms with Crippen molar-refractivity contribution in [3.63, 3.8) is 0 Å². The first-order valence-corrected chi connectivity index (χ1v) is 4.67. The maximum absolute atomic E-state index is 13.4. The second kappa shape index (κ2) is 3.85. The van der Waals surface area contributed by atoms with Gasteiger partial charge in [-0.2, -0.15) is 0 Å². The van der Waals surface area contributed by atoms with E-state index in [0.29, 0.717) is 0 Å². The normalized spacial score (nSPS) is 16.1. The van der Waals surface area contributed by atoms with Crippen molar-refractivity contribution in [3.8, 4) is 0 Å². The number of aliphatic hydroxyl groups is 1. The number of hydrogen-bond donors (Lipinski definition) is 1. The summed E-state index contributed by atoms with van der Waals surface area (Å²) in [6.45, 7) is 2.32. The minimum atomic E-state index is -3.23. The van der Waals surface area contributed by atoms with Gasteiger partial charge in [0.2, 0.25) is 0 Å². The minimum absolute atomic E-state index is 0.00995. The third kappa shape index (κ3) is 2.15. The number of alkyl halides is 2. The smallest absolute Gasteiger partial charge is 0.279 e. The zero-order chi connectivity index (χ0) is 11.7. The Morgan fingerprint density at radius 1 is 1.20 bits per heavy atom. The van der Waals surface area contributed by atoms with Crippen LogP contribution >= 0.6 is 0 Å². The first-order valence-electron chi connectivity index (χ1n) is 4.67. The summed E-state index contributed by atoms with van der Waals surface area (Å²) in [5.41, 5.74) is -2.26. The molecule has 1 nitrogen and oxygen atoms in total. The standard InChI is InChI=1S/C11H13F3O/c1-3-11(13,14)10(2,15)8-4-6-9(12)7-5-8/h4-7,15H,3H2,1-2H3. The van der Waals surface area contributed by atoms with Crippen LogP contribution in [0.1, 0.15) is 25.8 Å². The van der Waals surface area contributed by atoms with Crippen LogP contribution in [0.5, 0.6) is 0 Å². The number of hydrogen-bond acceptors (Lipinski definition) is 1. The Labute approximate surface area is 86.5 Å². The molecule has 0 saturated heterocycles. The Balaban J connectivity index is 3.10. The molecular weight excluding hydrogens is 205 g/mol. The third-order valence-corrected chi connectivity index (χ3v) is 2.56. The fourth-order valence-corrected chi connectivity index (χ4v) is 1.33. The van der Waals surface area contributed by atoms with E-state index in [2.05, 4.69) is 0 Å². The summed E-state index contributed by atoms with van der Waals surface area (Å²) in [6, 6.07) is 4.43. The molecule has 0 radical (unpaired) electrons. The van der Waals surface area contributed by atoms with E-state index < -0.39 is 23.8 Å². The van der Waals surface area contributed by atoms with Gasteiger partial charge in [-0.15, -0.1) is 0 Å². The van der Waals surface area contributed by atoms with E-state index in [9.17, 15) is 18.3 Å². The molecule has 1 aromatic carbocycles. The largest absolute Gasteiger partial charge is 0.379 e. The van der Waals surface area contributed by atoms with E-state index >= 15 is 0 Å². The van der Waals surface area contributed by atoms with Crippen LogP contribution in [-0.2, 0) is 5.60 Å². The number of rotatable bonds is 3. The molecule has 0 aromatic heterocycles. The van der Waals surface area contributed by atoms with Gasteiger partial charge in [0.15, 0.2) is 0 Å². The highest BCUT2D eigenvalue weighted by Crippen LogP contribution is 2.39. The highest BCUT2D eigenvalue weighted by atomic mass is 19.3. The van der Waals surface area contributed by atoms with Crippen molar-refractivity contribution < 1.29 is 18.3 Å². The van der Waals surface area contributed by atoms with E-state index in [1.807, 2.05) is 0 Å². The van der Waals surface area contributed by atoms with Crippen molar-refractivity contribution in [2.24, 2.45) is 0 Å². The molecule has 84 valence electrons. The van der Waals surface area contributed by atoms with E-state index in [0.717, 1.165) is 19.1 Å². The van der Waals surface area contributed by atoms with Crippen LogP contribution in [-0.4, -0.2) is 11.0 Å². The van der Waals surface area contributed by atoms with E-state index in [1.165, 1.54) is 19.1 Å². The van der Waals surface area contributed by atoms with Gasteiger partial charge in [0, 0.05) is 6.42 Å². The monoisotopic (exact) mass is 218 g/mol. The second-order valence-electron chi connectivity index (χ2n) is 3.64. The minimum Gasteiger partial charge on any atom is -0.379 e. The lowest BCUT2D eigenvalue weighted by molar-refractivity contribution is -0.179. The second-order valence-corrected chi connectivity index (χ2v) is 3.64. The van der Waals surface area contributed by atoms with E-state index in [1.54, 1.807) is 0 Å². The van der Waals surface area contributed by atoms with Gasteiger partial charge in [-0.1, -0.05) is 19.1 Å². The van der Waals surface area contributed by atoms with Crippen LogP contribution in [0.3, 0.4) is 0 Å². The van der Waals surface area contributed by atoms with Gasteiger partial charge in [-0.05, 0) is 24.6 Å². The molecule has 1 N–H and O–H groups in total. The Morgan fingerprint density at radius 3 is 2.07 bits per heavy atom. The molecule has 0 aliphatic heterocycles. The summed E-state index contributed by atoms with van der Waals surface area (Å²) >= 11 is 0. The Morgan fingerprint density at radius 2 is 1.67 bits per heavy atom. The SMILES string of the molecule is CCC(F)(F)C(C)(O)c1ccc(F)cc1. The van der Waals surface area contributed by atoms with Gasteiger partial charge in [0.05, 0.1) is 0 Å². The zero-order valence-corrected chi connectivity index (χ0v) is 8.60. The Kier molecular flexibility index (Phi) is 3.09. The molecule has 0 saturated carbocycles. The molecule has 0 fully saturated rings. The van der Waals surface area contributed by atoms with Crippen molar-refractivity contribution in [2.75, 3.05) is 0 Å². The van der Waals surface area contributed by atoms with Crippen LogP contribution in [0.4, 0.5) is 13.2 Å². The predicted molar refractivity (Wildman–Crippen MR) is 51.2 cm³/mol. The molecule has 1 rings (SSSR count). The van der Waals surface area contributed by atoms with Gasteiger partial charge in [0.25, 0.3) is 5.92 Å². The maximum atomic E-state index is 13.4. The highest BCUT2D eigenvalue weighted by molar-refractivity contribution is 5.24. The molecule has 0 heterocycles. The molecule has 0 bridgehead atoms. The first-order chi connectivity index (χ1) is 6.81. The Hall–Kier alpha value is -1.03. The van der Waals surface area contributed by atoms with Crippen LogP contribution in [0.2, 0.25) is 0 Å². The quantitative estimate of drug-likeness (QED) is 0.826. The molecule has 15 heavy (non-hydrogen) atoms. The topological polar surface area (TPSA) is 20.2 Å². The molecule has 0 amide bonds. The lowest BCUT2D eigenvalue weighted by Crippen LogP contribution is -2.42. The van der Waals surface area contributed by atoms with Crippen molar-refractivity contribution in [1.29, 1.82) is 0 Å². The van der Waals surface area contributed by atoms with Crippen molar-refractivity contribution in [2.45, 2.75) is 31.8 Å². The van der Waals surface area contributed by atoms with Crippen molar-refractivity contribution >= 4 is 0 Å². The van der Waals surface area contributed by atoms with Crippen molar-refractivity contribution in [3.05, 3.63) is 35.6 Å². The average Bonchev–Trinajstić information content (AvgIpc) is 2.18. The van der Waals surface area contributed by atoms with Crippen LogP contribution in [0.25, 0.3) is 0 Å². The summed E-state index contributed by atoms with van der Waals surface area (Å²) in [5.74, 6) is -3.75. The highest BCUT2D eigenvalue weighted by Gasteiger charge is 2.48. The summed E-state index contributed by atoms with van der Waals surface area (Å²) in [5, 5.41) is 9.73. The van der Waals surface area contributed by atoms with Gasteiger partial charge in [0.1, 0.15) is 11.4 Å². The van der Waals surface area contributed by atoms with Gasteiger partial charge in [-0.3, -0.25) is 0 Å². The van der Waals surface area contributed by atoms with Gasteiger partial charge >= 0.3 is 0 Å². The molecule has 0 aliphatic rings. The molecule has 0 aliphatic carbocycles. The Bertz CT molecular complexity index is 330. The average molecular weight is 218 g/mol. The van der Waals surface area contributed by atoms with Crippen LogP contribution in [0, 0.1) is 5.82 Å². The molecule has 1 aromatic rings. The lowest BCUT2D eigenvalue weighted by Gasteiger charge is -2.32. The summed E-state index contributed by atoms with van der Waals surface area (Å²) in [6.07, 6.45) is -0.475. The molecular formula is C11H13F3O. The van der Waals surface area contributed by atoms with Crippen molar-refractivity contribution in [1.82, 2.24) is 0 Å².